The van der Waals surface area contributed by atoms with Gasteiger partial charge in [-0.05, 0) is 65.9 Å². The lowest BCUT2D eigenvalue weighted by Crippen LogP contribution is -2.26. The predicted octanol–water partition coefficient (Wildman–Crippen LogP) is 5.87. The number of carbonyl (C=O) groups excluding carboxylic acids is 2. The first-order valence-electron chi connectivity index (χ1n) is 10.5. The third-order valence-electron chi connectivity index (χ3n) is 5.02. The van der Waals surface area contributed by atoms with Gasteiger partial charge in [0, 0.05) is 12.0 Å². The van der Waals surface area contributed by atoms with Crippen molar-refractivity contribution in [3.63, 3.8) is 0 Å². The fraction of sp³-hybridized carbons (Fsp3) is 0.520. The number of furan rings is 1. The second-order valence-electron chi connectivity index (χ2n) is 8.01. The fourth-order valence-electron chi connectivity index (χ4n) is 3.07. The van der Waals surface area contributed by atoms with E-state index in [1.807, 2.05) is 13.0 Å². The van der Waals surface area contributed by atoms with Gasteiger partial charge in [-0.3, -0.25) is 9.59 Å². The van der Waals surface area contributed by atoms with Crippen molar-refractivity contribution in [2.24, 2.45) is 5.92 Å². The van der Waals surface area contributed by atoms with E-state index in [4.69, 9.17) is 9.15 Å². The van der Waals surface area contributed by atoms with E-state index >= 15 is 0 Å². The van der Waals surface area contributed by atoms with Gasteiger partial charge in [0.15, 0.2) is 0 Å². The number of aliphatic hydroxyl groups is 1. The zero-order valence-electron chi connectivity index (χ0n) is 18.9. The van der Waals surface area contributed by atoms with Crippen LogP contribution >= 0.6 is 0 Å². The van der Waals surface area contributed by atoms with E-state index in [-0.39, 0.29) is 18.6 Å². The molecule has 0 saturated carbocycles. The molecule has 0 spiro atoms. The van der Waals surface area contributed by atoms with Crippen molar-refractivity contribution < 1.29 is 23.8 Å². The summed E-state index contributed by atoms with van der Waals surface area (Å²) in [5, 5.41) is 10.2. The summed E-state index contributed by atoms with van der Waals surface area (Å²) in [5.41, 5.74) is 4.36. The van der Waals surface area contributed by atoms with Gasteiger partial charge in [0.2, 0.25) is 0 Å². The van der Waals surface area contributed by atoms with Gasteiger partial charge in [-0.15, -0.1) is 0 Å². The third-order valence-corrected chi connectivity index (χ3v) is 5.02. The van der Waals surface area contributed by atoms with E-state index in [0.717, 1.165) is 31.3 Å². The molecular weight excluding hydrogens is 380 g/mol. The predicted molar refractivity (Wildman–Crippen MR) is 119 cm³/mol. The number of allylic oxidation sites excluding steroid dienone is 6. The van der Waals surface area contributed by atoms with Crippen LogP contribution in [0.15, 0.2) is 58.0 Å². The smallest absolute Gasteiger partial charge is 0.316 e. The van der Waals surface area contributed by atoms with Crippen LogP contribution in [0.3, 0.4) is 0 Å². The fourth-order valence-corrected chi connectivity index (χ4v) is 3.07. The van der Waals surface area contributed by atoms with Crippen LogP contribution < -0.4 is 0 Å². The van der Waals surface area contributed by atoms with Crippen LogP contribution in [0.4, 0.5) is 0 Å². The maximum atomic E-state index is 12.6. The molecular formula is C25H36O5. The van der Waals surface area contributed by atoms with Crippen molar-refractivity contribution in [1.29, 1.82) is 0 Å². The first-order valence-corrected chi connectivity index (χ1v) is 10.5. The molecule has 0 aliphatic rings. The minimum atomic E-state index is -0.993. The lowest BCUT2D eigenvalue weighted by atomic mass is 9.93. The zero-order valence-corrected chi connectivity index (χ0v) is 18.9. The van der Waals surface area contributed by atoms with Crippen LogP contribution in [0, 0.1) is 5.92 Å². The van der Waals surface area contributed by atoms with Gasteiger partial charge >= 0.3 is 5.97 Å². The molecule has 0 bridgehead atoms. The summed E-state index contributed by atoms with van der Waals surface area (Å²) in [6, 6.07) is 1.60. The average molecular weight is 417 g/mol. The van der Waals surface area contributed by atoms with Gasteiger partial charge < -0.3 is 14.3 Å². The number of aliphatic hydroxyl groups excluding tert-OH is 1. The van der Waals surface area contributed by atoms with E-state index in [1.54, 1.807) is 6.07 Å². The molecule has 1 heterocycles. The quantitative estimate of drug-likeness (QED) is 0.247. The SMILES string of the molecule is COC(=O)C(C/C=C(\C)CC/C=C(\C)CCC=C(C)C)C(=O)CC(O)c1ccoc1. The van der Waals surface area contributed by atoms with E-state index in [9.17, 15) is 14.7 Å². The second-order valence-corrected chi connectivity index (χ2v) is 8.01. The Balaban J connectivity index is 2.58. The lowest BCUT2D eigenvalue weighted by molar-refractivity contribution is -0.149. The Hall–Kier alpha value is -2.40. The Morgan fingerprint density at radius 2 is 1.70 bits per heavy atom. The number of carbonyl (C=O) groups is 2. The Morgan fingerprint density at radius 3 is 2.27 bits per heavy atom. The Bertz CT molecular complexity index is 749. The van der Waals surface area contributed by atoms with E-state index in [0.29, 0.717) is 5.56 Å². The first-order chi connectivity index (χ1) is 14.2. The van der Waals surface area contributed by atoms with Crippen molar-refractivity contribution >= 4 is 11.8 Å². The van der Waals surface area contributed by atoms with E-state index in [2.05, 4.69) is 32.9 Å². The van der Waals surface area contributed by atoms with Crippen LogP contribution in [0.5, 0.6) is 0 Å². The monoisotopic (exact) mass is 416 g/mol. The molecule has 2 unspecified atom stereocenters. The summed E-state index contributed by atoms with van der Waals surface area (Å²) in [6.07, 6.45) is 12.3. The molecule has 5 nitrogen and oxygen atoms in total. The van der Waals surface area contributed by atoms with E-state index in [1.165, 1.54) is 30.8 Å². The minimum absolute atomic E-state index is 0.153. The lowest BCUT2D eigenvalue weighted by Gasteiger charge is -2.14. The molecule has 2 atom stereocenters. The van der Waals surface area contributed by atoms with Gasteiger partial charge in [-0.1, -0.05) is 34.9 Å². The molecule has 30 heavy (non-hydrogen) atoms. The van der Waals surface area contributed by atoms with Crippen LogP contribution in [0.1, 0.15) is 77.9 Å². The van der Waals surface area contributed by atoms with Crippen molar-refractivity contribution in [1.82, 2.24) is 0 Å². The highest BCUT2D eigenvalue weighted by Crippen LogP contribution is 2.22. The highest BCUT2D eigenvalue weighted by molar-refractivity contribution is 5.99. The molecule has 1 rings (SSSR count). The molecule has 1 aromatic rings. The minimum Gasteiger partial charge on any atom is -0.472 e. The molecule has 0 aromatic carbocycles. The van der Waals surface area contributed by atoms with Crippen LogP contribution in [-0.2, 0) is 14.3 Å². The highest BCUT2D eigenvalue weighted by Gasteiger charge is 2.28. The van der Waals surface area contributed by atoms with Crippen LogP contribution in [0.25, 0.3) is 0 Å². The summed E-state index contributed by atoms with van der Waals surface area (Å²) in [6.45, 7) is 8.37. The van der Waals surface area contributed by atoms with Crippen molar-refractivity contribution in [2.45, 2.75) is 72.3 Å². The maximum absolute atomic E-state index is 12.6. The maximum Gasteiger partial charge on any atom is 0.316 e. The number of hydrogen-bond acceptors (Lipinski definition) is 5. The van der Waals surface area contributed by atoms with Crippen molar-refractivity contribution in [3.05, 3.63) is 59.1 Å². The number of Topliss-reactive ketones (excluding diaryl/α,β-unsaturated/α-hetero) is 1. The molecule has 1 aromatic heterocycles. The molecule has 5 heteroatoms. The topological polar surface area (TPSA) is 76.7 Å². The molecule has 0 aliphatic heterocycles. The molecule has 0 radical (unpaired) electrons. The van der Waals surface area contributed by atoms with Crippen LogP contribution in [0.2, 0.25) is 0 Å². The second kappa shape index (κ2) is 13.8. The van der Waals surface area contributed by atoms with Crippen LogP contribution in [-0.4, -0.2) is 24.0 Å². The summed E-state index contributed by atoms with van der Waals surface area (Å²) in [4.78, 5) is 24.7. The number of rotatable bonds is 13. The Morgan fingerprint density at radius 1 is 1.07 bits per heavy atom. The number of esters is 1. The molecule has 0 saturated heterocycles. The molecule has 166 valence electrons. The van der Waals surface area contributed by atoms with Crippen molar-refractivity contribution in [2.75, 3.05) is 7.11 Å². The standard InChI is InChI=1S/C25H36O5/c1-18(2)8-6-9-19(3)10-7-11-20(4)12-13-22(25(28)29-5)24(27)16-23(26)21-14-15-30-17-21/h8,10,12,14-15,17,22-23,26H,6-7,9,11,13,16H2,1-5H3/b19-10+,20-12+. The van der Waals surface area contributed by atoms with E-state index < -0.39 is 18.0 Å². The molecule has 0 fully saturated rings. The van der Waals surface area contributed by atoms with Gasteiger partial charge in [0.05, 0.1) is 25.7 Å². The van der Waals surface area contributed by atoms with Crippen molar-refractivity contribution in [3.8, 4) is 0 Å². The summed E-state index contributed by atoms with van der Waals surface area (Å²) in [5.74, 6) is -1.82. The number of methoxy groups -OCH3 is 1. The number of ketones is 1. The average Bonchev–Trinajstić information content (AvgIpc) is 3.22. The Kier molecular flexibility index (Phi) is 11.8. The number of ether oxygens (including phenoxy) is 1. The summed E-state index contributed by atoms with van der Waals surface area (Å²) >= 11 is 0. The van der Waals surface area contributed by atoms with Gasteiger partial charge in [0.1, 0.15) is 11.7 Å². The third kappa shape index (κ3) is 9.88. The normalized spacial score (nSPS) is 14.2. The Labute approximate surface area is 180 Å². The molecule has 1 N–H and O–H groups in total. The van der Waals surface area contributed by atoms with Gasteiger partial charge in [-0.25, -0.2) is 0 Å². The van der Waals surface area contributed by atoms with Gasteiger partial charge in [-0.2, -0.15) is 0 Å². The summed E-state index contributed by atoms with van der Waals surface area (Å²) in [7, 11) is 1.27. The largest absolute Gasteiger partial charge is 0.472 e. The zero-order chi connectivity index (χ0) is 22.5. The first kappa shape index (κ1) is 25.6. The number of hydrogen-bond donors (Lipinski definition) is 1. The molecule has 0 aliphatic carbocycles. The summed E-state index contributed by atoms with van der Waals surface area (Å²) < 4.78 is 9.73. The van der Waals surface area contributed by atoms with Gasteiger partial charge in [0.25, 0.3) is 0 Å². The highest BCUT2D eigenvalue weighted by atomic mass is 16.5. The molecule has 0 amide bonds.